The first-order valence-electron chi connectivity index (χ1n) is 6.07. The molecule has 4 nitrogen and oxygen atoms in total. The van der Waals surface area contributed by atoms with Gasteiger partial charge in [-0.2, -0.15) is 5.10 Å². The largest absolute Gasteiger partial charge is 0.378 e. The monoisotopic (exact) mass is 248 g/mol. The summed E-state index contributed by atoms with van der Waals surface area (Å²) < 4.78 is 14.9. The number of aromatic nitrogens is 3. The van der Waals surface area contributed by atoms with Crippen LogP contribution in [0, 0.1) is 12.7 Å². The lowest BCUT2D eigenvalue weighted by Crippen LogP contribution is -2.10. The molecule has 0 amide bonds. The molecule has 0 saturated carbocycles. The van der Waals surface area contributed by atoms with Crippen molar-refractivity contribution in [1.29, 1.82) is 0 Å². The summed E-state index contributed by atoms with van der Waals surface area (Å²) in [6.45, 7) is 5.43. The van der Waals surface area contributed by atoms with Crippen LogP contribution in [-0.2, 0) is 13.1 Å². The molecule has 1 aromatic carbocycles. The lowest BCUT2D eigenvalue weighted by molar-refractivity contribution is 0.574. The van der Waals surface area contributed by atoms with Crippen LogP contribution in [0.25, 0.3) is 0 Å². The summed E-state index contributed by atoms with van der Waals surface area (Å²) in [6, 6.07) is 4.70. The summed E-state index contributed by atoms with van der Waals surface area (Å²) in [5.74, 6) is 0.674. The van der Waals surface area contributed by atoms with E-state index in [-0.39, 0.29) is 5.82 Å². The average Bonchev–Trinajstić information content (AvgIpc) is 2.76. The molecule has 0 radical (unpaired) electrons. The second kappa shape index (κ2) is 5.62. The standard InChI is InChI=1S/C13H17FN4/c1-3-6-18-13(16-9-17-18)8-15-12-5-4-11(14)7-10(12)2/h4-5,7,9,15H,3,6,8H2,1-2H3. The third-order valence-corrected chi connectivity index (χ3v) is 2.76. The fraction of sp³-hybridized carbons (Fsp3) is 0.385. The van der Waals surface area contributed by atoms with E-state index in [1.807, 2.05) is 11.6 Å². The highest BCUT2D eigenvalue weighted by Crippen LogP contribution is 2.16. The van der Waals surface area contributed by atoms with Gasteiger partial charge in [-0.1, -0.05) is 6.92 Å². The van der Waals surface area contributed by atoms with Crippen LogP contribution in [0.2, 0.25) is 0 Å². The van der Waals surface area contributed by atoms with Gasteiger partial charge in [0, 0.05) is 12.2 Å². The Bertz CT molecular complexity index is 521. The molecule has 18 heavy (non-hydrogen) atoms. The highest BCUT2D eigenvalue weighted by molar-refractivity contribution is 5.50. The first-order valence-corrected chi connectivity index (χ1v) is 6.07. The Hall–Kier alpha value is -1.91. The van der Waals surface area contributed by atoms with Gasteiger partial charge >= 0.3 is 0 Å². The number of rotatable bonds is 5. The van der Waals surface area contributed by atoms with Gasteiger partial charge in [0.1, 0.15) is 18.0 Å². The Balaban J connectivity index is 2.04. The van der Waals surface area contributed by atoms with E-state index in [1.165, 1.54) is 12.1 Å². The van der Waals surface area contributed by atoms with Crippen molar-refractivity contribution in [1.82, 2.24) is 14.8 Å². The smallest absolute Gasteiger partial charge is 0.146 e. The second-order valence-corrected chi connectivity index (χ2v) is 4.21. The quantitative estimate of drug-likeness (QED) is 0.884. The number of aryl methyl sites for hydroxylation is 2. The van der Waals surface area contributed by atoms with E-state index in [0.29, 0.717) is 6.54 Å². The van der Waals surface area contributed by atoms with Gasteiger partial charge in [0.25, 0.3) is 0 Å². The third-order valence-electron chi connectivity index (χ3n) is 2.76. The summed E-state index contributed by atoms with van der Waals surface area (Å²) >= 11 is 0. The summed E-state index contributed by atoms with van der Waals surface area (Å²) in [5, 5.41) is 7.41. The van der Waals surface area contributed by atoms with Gasteiger partial charge in [0.15, 0.2) is 0 Å². The number of halogens is 1. The zero-order valence-electron chi connectivity index (χ0n) is 10.7. The van der Waals surface area contributed by atoms with Crippen LogP contribution in [0.3, 0.4) is 0 Å². The Labute approximate surface area is 106 Å². The molecule has 0 spiro atoms. The van der Waals surface area contributed by atoms with Crippen LogP contribution in [0.15, 0.2) is 24.5 Å². The highest BCUT2D eigenvalue weighted by Gasteiger charge is 2.04. The number of hydrogen-bond acceptors (Lipinski definition) is 3. The van der Waals surface area contributed by atoms with Gasteiger partial charge in [-0.3, -0.25) is 0 Å². The molecule has 1 heterocycles. The summed E-state index contributed by atoms with van der Waals surface area (Å²) in [7, 11) is 0. The van der Waals surface area contributed by atoms with E-state index in [9.17, 15) is 4.39 Å². The van der Waals surface area contributed by atoms with E-state index in [2.05, 4.69) is 22.3 Å². The van der Waals surface area contributed by atoms with Gasteiger partial charge < -0.3 is 5.32 Å². The van der Waals surface area contributed by atoms with Crippen LogP contribution < -0.4 is 5.32 Å². The molecular formula is C13H17FN4. The Morgan fingerprint density at radius 2 is 2.22 bits per heavy atom. The van der Waals surface area contributed by atoms with Gasteiger partial charge in [0.05, 0.1) is 6.54 Å². The molecule has 0 fully saturated rings. The molecule has 0 aliphatic heterocycles. The Kier molecular flexibility index (Phi) is 3.92. The van der Waals surface area contributed by atoms with Crippen LogP contribution in [-0.4, -0.2) is 14.8 Å². The third kappa shape index (κ3) is 2.85. The minimum Gasteiger partial charge on any atom is -0.378 e. The fourth-order valence-electron chi connectivity index (χ4n) is 1.82. The van der Waals surface area contributed by atoms with Crippen LogP contribution in [0.5, 0.6) is 0 Å². The first-order chi connectivity index (χ1) is 8.70. The minimum atomic E-state index is -0.216. The molecule has 1 aromatic heterocycles. The van der Waals surface area contributed by atoms with Crippen molar-refractivity contribution in [3.63, 3.8) is 0 Å². The first kappa shape index (κ1) is 12.5. The van der Waals surface area contributed by atoms with Crippen molar-refractivity contribution >= 4 is 5.69 Å². The zero-order valence-corrected chi connectivity index (χ0v) is 10.7. The predicted octanol–water partition coefficient (Wildman–Crippen LogP) is 2.75. The molecule has 96 valence electrons. The predicted molar refractivity (Wildman–Crippen MR) is 68.8 cm³/mol. The highest BCUT2D eigenvalue weighted by atomic mass is 19.1. The molecule has 0 aliphatic carbocycles. The zero-order chi connectivity index (χ0) is 13.0. The van der Waals surface area contributed by atoms with E-state index in [1.54, 1.807) is 12.4 Å². The molecule has 0 unspecified atom stereocenters. The second-order valence-electron chi connectivity index (χ2n) is 4.21. The molecule has 2 rings (SSSR count). The van der Waals surface area contributed by atoms with E-state index >= 15 is 0 Å². The SMILES string of the molecule is CCCn1ncnc1CNc1ccc(F)cc1C. The Morgan fingerprint density at radius 1 is 1.39 bits per heavy atom. The van der Waals surface area contributed by atoms with Crippen LogP contribution in [0.4, 0.5) is 10.1 Å². The van der Waals surface area contributed by atoms with Crippen molar-refractivity contribution in [2.75, 3.05) is 5.32 Å². The van der Waals surface area contributed by atoms with Crippen molar-refractivity contribution in [3.8, 4) is 0 Å². The number of nitrogens with one attached hydrogen (secondary N) is 1. The fourth-order valence-corrected chi connectivity index (χ4v) is 1.82. The van der Waals surface area contributed by atoms with Crippen molar-refractivity contribution in [3.05, 3.63) is 41.7 Å². The topological polar surface area (TPSA) is 42.7 Å². The summed E-state index contributed by atoms with van der Waals surface area (Å²) in [6.07, 6.45) is 2.58. The number of benzene rings is 1. The summed E-state index contributed by atoms with van der Waals surface area (Å²) in [5.41, 5.74) is 1.80. The van der Waals surface area contributed by atoms with Crippen molar-refractivity contribution in [2.24, 2.45) is 0 Å². The maximum atomic E-state index is 13.0. The van der Waals surface area contributed by atoms with Crippen LogP contribution >= 0.6 is 0 Å². The number of nitrogens with zero attached hydrogens (tertiary/aromatic N) is 3. The maximum Gasteiger partial charge on any atom is 0.146 e. The van der Waals surface area contributed by atoms with Gasteiger partial charge in [-0.25, -0.2) is 14.1 Å². The molecule has 2 aromatic rings. The molecule has 0 saturated heterocycles. The van der Waals surface area contributed by atoms with Gasteiger partial charge in [0.2, 0.25) is 0 Å². The van der Waals surface area contributed by atoms with Crippen molar-refractivity contribution < 1.29 is 4.39 Å². The maximum absolute atomic E-state index is 13.0. The lowest BCUT2D eigenvalue weighted by atomic mass is 10.2. The molecule has 0 atom stereocenters. The molecular weight excluding hydrogens is 231 g/mol. The summed E-state index contributed by atoms with van der Waals surface area (Å²) in [4.78, 5) is 4.21. The molecule has 1 N–H and O–H groups in total. The van der Waals surface area contributed by atoms with Gasteiger partial charge in [-0.05, 0) is 37.1 Å². The molecule has 5 heteroatoms. The average molecular weight is 248 g/mol. The van der Waals surface area contributed by atoms with Crippen molar-refractivity contribution in [2.45, 2.75) is 33.4 Å². The lowest BCUT2D eigenvalue weighted by Gasteiger charge is -2.10. The Morgan fingerprint density at radius 3 is 2.94 bits per heavy atom. The van der Waals surface area contributed by atoms with Gasteiger partial charge in [-0.15, -0.1) is 0 Å². The van der Waals surface area contributed by atoms with E-state index < -0.39 is 0 Å². The molecule has 0 aliphatic rings. The normalized spacial score (nSPS) is 10.6. The number of anilines is 1. The van der Waals surface area contributed by atoms with E-state index in [4.69, 9.17) is 0 Å². The molecule has 0 bridgehead atoms. The van der Waals surface area contributed by atoms with Crippen LogP contribution in [0.1, 0.15) is 24.7 Å². The minimum absolute atomic E-state index is 0.216. The number of hydrogen-bond donors (Lipinski definition) is 1. The van der Waals surface area contributed by atoms with E-state index in [0.717, 1.165) is 30.0 Å².